The number of benzene rings is 3. The topological polar surface area (TPSA) is 55.8 Å². The Morgan fingerprint density at radius 2 is 1.88 bits per heavy atom. The molecule has 0 aliphatic rings. The average molecular weight is 340 g/mol. The number of hydrogen-bond acceptors (Lipinski definition) is 4. The summed E-state index contributed by atoms with van der Waals surface area (Å²) in [6, 6.07) is 14.0. The molecule has 0 spiro atoms. The van der Waals surface area contributed by atoms with Gasteiger partial charge >= 0.3 is 5.97 Å². The molecule has 1 N–H and O–H groups in total. The summed E-state index contributed by atoms with van der Waals surface area (Å²) in [5, 5.41) is 13.2. The average Bonchev–Trinajstić information content (AvgIpc) is 2.63. The molecule has 0 aliphatic carbocycles. The van der Waals surface area contributed by atoms with Crippen LogP contribution in [0.25, 0.3) is 21.5 Å². The Balaban J connectivity index is 1.91. The fourth-order valence-electron chi connectivity index (χ4n) is 2.61. The van der Waals surface area contributed by atoms with Crippen LogP contribution in [0.4, 0.5) is 4.39 Å². The first kappa shape index (κ1) is 16.9. The number of esters is 1. The molecule has 0 saturated carbocycles. The van der Waals surface area contributed by atoms with Crippen LogP contribution in [0.2, 0.25) is 0 Å². The second-order valence-electron chi connectivity index (χ2n) is 5.59. The summed E-state index contributed by atoms with van der Waals surface area (Å²) >= 11 is 0. The standard InChI is InChI=1S/C20H17FO4/c1-2-19(23)24-11-16(22)12-25-20-17-6-4-3-5-13(17)9-14-7-8-15(21)10-18(14)20/h2-10,16,22H,1,11-12H2. The van der Waals surface area contributed by atoms with Crippen molar-refractivity contribution >= 4 is 27.5 Å². The number of rotatable bonds is 6. The van der Waals surface area contributed by atoms with Gasteiger partial charge in [-0.2, -0.15) is 0 Å². The van der Waals surface area contributed by atoms with E-state index in [1.54, 1.807) is 6.07 Å². The summed E-state index contributed by atoms with van der Waals surface area (Å²) in [6.45, 7) is 2.99. The zero-order valence-corrected chi connectivity index (χ0v) is 13.4. The molecular formula is C20H17FO4. The van der Waals surface area contributed by atoms with E-state index < -0.39 is 12.1 Å². The lowest BCUT2D eigenvalue weighted by molar-refractivity contribution is -0.141. The third kappa shape index (κ3) is 3.78. The predicted molar refractivity (Wildman–Crippen MR) is 94.1 cm³/mol. The maximum atomic E-state index is 13.7. The third-order valence-corrected chi connectivity index (χ3v) is 3.78. The lowest BCUT2D eigenvalue weighted by Gasteiger charge is -2.16. The molecule has 0 radical (unpaired) electrons. The highest BCUT2D eigenvalue weighted by Gasteiger charge is 2.13. The number of hydrogen-bond donors (Lipinski definition) is 1. The van der Waals surface area contributed by atoms with E-state index >= 15 is 0 Å². The number of aliphatic hydroxyl groups excluding tert-OH is 1. The molecule has 0 aromatic heterocycles. The Kier molecular flexibility index (Phi) is 4.95. The zero-order valence-electron chi connectivity index (χ0n) is 13.4. The second-order valence-corrected chi connectivity index (χ2v) is 5.59. The van der Waals surface area contributed by atoms with Crippen LogP contribution in [-0.4, -0.2) is 30.4 Å². The molecule has 1 unspecified atom stereocenters. The highest BCUT2D eigenvalue weighted by atomic mass is 19.1. The van der Waals surface area contributed by atoms with Crippen molar-refractivity contribution in [2.75, 3.05) is 13.2 Å². The molecule has 0 aliphatic heterocycles. The summed E-state index contributed by atoms with van der Waals surface area (Å²) in [7, 11) is 0. The Bertz CT molecular complexity index is 936. The van der Waals surface area contributed by atoms with Gasteiger partial charge in [-0.25, -0.2) is 9.18 Å². The largest absolute Gasteiger partial charge is 0.489 e. The van der Waals surface area contributed by atoms with Crippen LogP contribution in [-0.2, 0) is 9.53 Å². The van der Waals surface area contributed by atoms with Crippen molar-refractivity contribution in [2.24, 2.45) is 0 Å². The Hall–Kier alpha value is -2.92. The van der Waals surface area contributed by atoms with Crippen molar-refractivity contribution in [3.8, 4) is 5.75 Å². The van der Waals surface area contributed by atoms with E-state index in [9.17, 15) is 14.3 Å². The summed E-state index contributed by atoms with van der Waals surface area (Å²) in [6.07, 6.45) is 0.0145. The number of carbonyl (C=O) groups is 1. The first-order valence-electron chi connectivity index (χ1n) is 7.79. The third-order valence-electron chi connectivity index (χ3n) is 3.78. The molecule has 4 nitrogen and oxygen atoms in total. The maximum absolute atomic E-state index is 13.7. The van der Waals surface area contributed by atoms with Crippen molar-refractivity contribution in [2.45, 2.75) is 6.10 Å². The summed E-state index contributed by atoms with van der Waals surface area (Å²) in [5.41, 5.74) is 0. The van der Waals surface area contributed by atoms with Crippen molar-refractivity contribution in [3.63, 3.8) is 0 Å². The molecular weight excluding hydrogens is 323 g/mol. The summed E-state index contributed by atoms with van der Waals surface area (Å²) in [4.78, 5) is 11.0. The van der Waals surface area contributed by atoms with Crippen LogP contribution >= 0.6 is 0 Å². The van der Waals surface area contributed by atoms with E-state index in [4.69, 9.17) is 9.47 Å². The quantitative estimate of drug-likeness (QED) is 0.423. The van der Waals surface area contributed by atoms with Crippen LogP contribution in [0.5, 0.6) is 5.75 Å². The highest BCUT2D eigenvalue weighted by Crippen LogP contribution is 2.35. The Morgan fingerprint density at radius 3 is 2.68 bits per heavy atom. The van der Waals surface area contributed by atoms with Gasteiger partial charge in [0.05, 0.1) is 0 Å². The van der Waals surface area contributed by atoms with Gasteiger partial charge in [-0.05, 0) is 29.0 Å². The number of ether oxygens (including phenoxy) is 2. The zero-order chi connectivity index (χ0) is 17.8. The normalized spacial score (nSPS) is 12.1. The molecule has 25 heavy (non-hydrogen) atoms. The fraction of sp³-hybridized carbons (Fsp3) is 0.150. The summed E-state index contributed by atoms with van der Waals surface area (Å²) < 4.78 is 24.3. The van der Waals surface area contributed by atoms with Gasteiger partial charge in [-0.1, -0.05) is 36.9 Å². The molecule has 0 fully saturated rings. The maximum Gasteiger partial charge on any atom is 0.330 e. The predicted octanol–water partition coefficient (Wildman–Crippen LogP) is 3.60. The van der Waals surface area contributed by atoms with Crippen LogP contribution in [0.1, 0.15) is 0 Å². The van der Waals surface area contributed by atoms with E-state index in [1.807, 2.05) is 30.3 Å². The summed E-state index contributed by atoms with van der Waals surface area (Å²) in [5.74, 6) is -0.494. The molecule has 5 heteroatoms. The van der Waals surface area contributed by atoms with Crippen LogP contribution < -0.4 is 4.74 Å². The van der Waals surface area contributed by atoms with Crippen molar-refractivity contribution in [1.29, 1.82) is 0 Å². The first-order chi connectivity index (χ1) is 12.1. The van der Waals surface area contributed by atoms with Crippen molar-refractivity contribution < 1.29 is 23.8 Å². The van der Waals surface area contributed by atoms with Crippen molar-refractivity contribution in [3.05, 3.63) is 67.0 Å². The van der Waals surface area contributed by atoms with E-state index in [0.717, 1.165) is 22.2 Å². The minimum atomic E-state index is -1.01. The number of fused-ring (bicyclic) bond motifs is 2. The van der Waals surface area contributed by atoms with Crippen molar-refractivity contribution in [1.82, 2.24) is 0 Å². The van der Waals surface area contributed by atoms with Crippen LogP contribution in [0, 0.1) is 5.82 Å². The van der Waals surface area contributed by atoms with Gasteiger partial charge in [0.2, 0.25) is 0 Å². The Labute approximate surface area is 144 Å². The van der Waals surface area contributed by atoms with E-state index in [2.05, 4.69) is 6.58 Å². The highest BCUT2D eigenvalue weighted by molar-refractivity contribution is 6.05. The molecule has 3 rings (SSSR count). The van der Waals surface area contributed by atoms with Gasteiger partial charge < -0.3 is 14.6 Å². The molecule has 0 saturated heterocycles. The smallest absolute Gasteiger partial charge is 0.330 e. The number of aliphatic hydroxyl groups is 1. The van der Waals surface area contributed by atoms with Crippen LogP contribution in [0.15, 0.2) is 61.2 Å². The number of halogens is 1. The molecule has 128 valence electrons. The Morgan fingerprint density at radius 1 is 1.12 bits per heavy atom. The molecule has 1 atom stereocenters. The van der Waals surface area contributed by atoms with E-state index in [0.29, 0.717) is 11.1 Å². The first-order valence-corrected chi connectivity index (χ1v) is 7.79. The second kappa shape index (κ2) is 7.32. The lowest BCUT2D eigenvalue weighted by Crippen LogP contribution is -2.24. The molecule has 0 amide bonds. The number of carbonyl (C=O) groups excluding carboxylic acids is 1. The van der Waals surface area contributed by atoms with Crippen LogP contribution in [0.3, 0.4) is 0 Å². The van der Waals surface area contributed by atoms with E-state index in [-0.39, 0.29) is 19.0 Å². The minimum absolute atomic E-state index is 0.0932. The SMILES string of the molecule is C=CC(=O)OCC(O)COc1c2ccccc2cc2ccc(F)cc12. The van der Waals surface area contributed by atoms with Gasteiger partial charge in [0.25, 0.3) is 0 Å². The van der Waals surface area contributed by atoms with Gasteiger partial charge in [0.1, 0.15) is 30.9 Å². The molecule has 3 aromatic rings. The van der Waals surface area contributed by atoms with Gasteiger partial charge in [0.15, 0.2) is 0 Å². The monoisotopic (exact) mass is 340 g/mol. The molecule has 0 bridgehead atoms. The van der Waals surface area contributed by atoms with Gasteiger partial charge in [-0.3, -0.25) is 0 Å². The van der Waals surface area contributed by atoms with Gasteiger partial charge in [-0.15, -0.1) is 0 Å². The fourth-order valence-corrected chi connectivity index (χ4v) is 2.61. The minimum Gasteiger partial charge on any atom is -0.489 e. The van der Waals surface area contributed by atoms with E-state index in [1.165, 1.54) is 12.1 Å². The lowest BCUT2D eigenvalue weighted by atomic mass is 10.0. The molecule has 0 heterocycles. The molecule has 3 aromatic carbocycles. The van der Waals surface area contributed by atoms with Gasteiger partial charge in [0, 0.05) is 16.8 Å².